The fourth-order valence-electron chi connectivity index (χ4n) is 18.3. The van der Waals surface area contributed by atoms with Gasteiger partial charge in [-0.25, -0.2) is 0 Å². The quantitative estimate of drug-likeness (QED) is 0.0518. The lowest BCUT2D eigenvalue weighted by Crippen LogP contribution is -2.29. The van der Waals surface area contributed by atoms with Crippen LogP contribution in [0.15, 0.2) is 60.7 Å². The molecule has 12 heteroatoms. The lowest BCUT2D eigenvalue weighted by molar-refractivity contribution is -0.124. The van der Waals surface area contributed by atoms with Gasteiger partial charge in [0.2, 0.25) is 29.5 Å². The van der Waals surface area contributed by atoms with Crippen LogP contribution in [0.4, 0.5) is 0 Å². The van der Waals surface area contributed by atoms with Crippen LogP contribution in [0.1, 0.15) is 279 Å². The fourth-order valence-corrected chi connectivity index (χ4v) is 18.3. The highest BCUT2D eigenvalue weighted by Crippen LogP contribution is 2.56. The van der Waals surface area contributed by atoms with E-state index >= 15 is 0 Å². The third-order valence-electron chi connectivity index (χ3n) is 23.0. The smallest absolute Gasteiger partial charge is 0.222 e. The van der Waals surface area contributed by atoms with Crippen LogP contribution < -0.4 is 36.1 Å². The number of hydrogen-bond acceptors (Lipinski definition) is 7. The maximum Gasteiger partial charge on any atom is 0.222 e. The van der Waals surface area contributed by atoms with E-state index in [0.717, 1.165) is 122 Å². The second-order valence-electron chi connectivity index (χ2n) is 29.1. The zero-order valence-corrected chi connectivity index (χ0v) is 58.1. The molecule has 5 amide bonds. The van der Waals surface area contributed by atoms with Gasteiger partial charge in [-0.3, -0.25) is 24.0 Å². The van der Waals surface area contributed by atoms with Crippen molar-refractivity contribution in [3.63, 3.8) is 0 Å². The number of ether oxygens (including phenoxy) is 2. The standard InChI is InChI=1S/C32H40N2O4.C18H25NO.C17H21NO.C16H21NO/c1-3-28(35)33-13-9-19-5-6-20-18-26(32-24(30(19)20)12-16-38-32)25-17-21(10-14-34-29(36)4-2)31-22(25)7-8-27-23(31)11-15-37-27;1-12(2)18(20)19-11-10-15-9-8-14-7-6-13-4-3-5-16(13)17(14)15;1-2-16(19)18-11-10-14-9-8-13-7-6-12-4-3-5-15(12)17(13)14;1-11(18)17-10-9-14-8-7-13-6-5-12-3-2-4-15(12)16(13)14/h7-8,18-19,21,25H,3-6,9-17H2,1-2H3,(H,33,35)(H,34,36);6-7,12,15H,3-5,8-11H2,1-2H3,(H,19,20);3,5-7,14H,2,4,8-11H2,1H3,(H,18,19);5-6,14H,2-4,7-10H2,1H3,(H,17,18)/t19-,21+,25?;15-;2*14-/m0000/s1. The first-order valence-corrected chi connectivity index (χ1v) is 37.3. The number of carbonyl (C=O) groups is 5. The van der Waals surface area contributed by atoms with E-state index in [2.05, 4.69) is 93.3 Å². The Morgan fingerprint density at radius 1 is 0.453 bits per heavy atom. The third-order valence-corrected chi connectivity index (χ3v) is 23.0. The summed E-state index contributed by atoms with van der Waals surface area (Å²) in [6.45, 7) is 16.6. The Bertz CT molecular complexity index is 3690. The number of allylic oxidation sites excluding steroid dienone is 1. The Balaban J connectivity index is 0.000000129. The Hall–Kier alpha value is -7.21. The van der Waals surface area contributed by atoms with Crippen molar-refractivity contribution in [1.29, 1.82) is 0 Å². The maximum absolute atomic E-state index is 11.9. The summed E-state index contributed by atoms with van der Waals surface area (Å²) in [5.41, 5.74) is 29.0. The molecule has 0 radical (unpaired) electrons. The zero-order chi connectivity index (χ0) is 66.1. The van der Waals surface area contributed by atoms with E-state index in [0.29, 0.717) is 61.3 Å². The van der Waals surface area contributed by atoms with Crippen LogP contribution in [-0.4, -0.2) is 75.5 Å². The Morgan fingerprint density at radius 3 is 1.48 bits per heavy atom. The van der Waals surface area contributed by atoms with Crippen LogP contribution in [0.3, 0.4) is 0 Å². The Morgan fingerprint density at radius 2 is 0.926 bits per heavy atom. The average molecular weight is 1290 g/mol. The van der Waals surface area contributed by atoms with Gasteiger partial charge in [0.15, 0.2) is 0 Å². The van der Waals surface area contributed by atoms with Gasteiger partial charge in [0.25, 0.3) is 0 Å². The molecule has 1 unspecified atom stereocenters. The van der Waals surface area contributed by atoms with Crippen molar-refractivity contribution >= 4 is 35.6 Å². The van der Waals surface area contributed by atoms with Gasteiger partial charge in [0.1, 0.15) is 11.5 Å². The van der Waals surface area contributed by atoms with Crippen LogP contribution in [-0.2, 0) is 94.6 Å². The van der Waals surface area contributed by atoms with Crippen LogP contribution >= 0.6 is 0 Å². The molecule has 0 spiro atoms. The maximum atomic E-state index is 11.9. The van der Waals surface area contributed by atoms with Crippen LogP contribution in [0.5, 0.6) is 11.5 Å². The van der Waals surface area contributed by atoms with Crippen molar-refractivity contribution in [2.45, 2.75) is 244 Å². The first kappa shape index (κ1) is 67.8. The van der Waals surface area contributed by atoms with Gasteiger partial charge < -0.3 is 36.1 Å². The molecule has 6 atom stereocenters. The monoisotopic (exact) mass is 1290 g/mol. The summed E-state index contributed by atoms with van der Waals surface area (Å²) in [5.74, 6) is 6.14. The molecule has 5 N–H and O–H groups in total. The normalized spacial score (nSPS) is 20.9. The first-order chi connectivity index (χ1) is 46.3. The Labute approximate surface area is 566 Å². The molecule has 12 nitrogen and oxygen atoms in total. The van der Waals surface area contributed by atoms with Gasteiger partial charge in [-0.1, -0.05) is 95.3 Å². The predicted octanol–water partition coefficient (Wildman–Crippen LogP) is 14.3. The molecule has 0 saturated heterocycles. The highest BCUT2D eigenvalue weighted by atomic mass is 16.5. The molecule has 506 valence electrons. The number of benzene rings is 5. The van der Waals surface area contributed by atoms with Crippen LogP contribution in [0.25, 0.3) is 6.08 Å². The van der Waals surface area contributed by atoms with E-state index in [9.17, 15) is 24.0 Å². The largest absolute Gasteiger partial charge is 0.493 e. The van der Waals surface area contributed by atoms with E-state index < -0.39 is 0 Å². The molecular formula is C83H107N5O7. The first-order valence-electron chi connectivity index (χ1n) is 37.3. The molecule has 5 aromatic rings. The minimum absolute atomic E-state index is 0.0894. The SMILES string of the molecule is CC(=O)NCC[C@@H]1CCc2ccc3c(c21)CCC3.CC(C)C(=O)NCC[C@@H]1CCc2ccc3c(c21)CCC3.CCC(=O)NCC[C@@H]1CCc2cc(C3C[C@@H](CCNC(=O)CC)c4c3ccc3c4CCO3)c3c(c21)CCO3.CCC(=O)NCC[C@@H]1CCc2ccc3c(c21)C=CC3. The van der Waals surface area contributed by atoms with Gasteiger partial charge >= 0.3 is 0 Å². The average Bonchev–Trinajstić information content (AvgIpc) is 1.61. The number of amides is 5. The van der Waals surface area contributed by atoms with Crippen molar-refractivity contribution in [1.82, 2.24) is 26.6 Å². The zero-order valence-electron chi connectivity index (χ0n) is 58.1. The summed E-state index contributed by atoms with van der Waals surface area (Å²) in [7, 11) is 0. The highest BCUT2D eigenvalue weighted by molar-refractivity contribution is 5.78. The van der Waals surface area contributed by atoms with Crippen molar-refractivity contribution in [2.75, 3.05) is 45.9 Å². The fraction of sp³-hybridized carbons (Fsp3) is 0.554. The molecule has 15 rings (SSSR count). The summed E-state index contributed by atoms with van der Waals surface area (Å²) < 4.78 is 12.3. The molecule has 95 heavy (non-hydrogen) atoms. The van der Waals surface area contributed by atoms with Crippen molar-refractivity contribution in [3.8, 4) is 11.5 Å². The van der Waals surface area contributed by atoms with Crippen molar-refractivity contribution < 1.29 is 33.4 Å². The molecule has 2 aliphatic heterocycles. The van der Waals surface area contributed by atoms with Crippen LogP contribution in [0, 0.1) is 5.92 Å². The second kappa shape index (κ2) is 31.3. The molecule has 0 bridgehead atoms. The van der Waals surface area contributed by atoms with Gasteiger partial charge in [-0.2, -0.15) is 0 Å². The van der Waals surface area contributed by atoms with E-state index in [1.165, 1.54) is 133 Å². The van der Waals surface area contributed by atoms with E-state index in [-0.39, 0.29) is 35.5 Å². The second-order valence-corrected chi connectivity index (χ2v) is 29.1. The molecule has 0 saturated carbocycles. The summed E-state index contributed by atoms with van der Waals surface area (Å²) in [4.78, 5) is 57.5. The Kier molecular flexibility index (Phi) is 22.3. The third kappa shape index (κ3) is 15.2. The molecule has 8 aliphatic carbocycles. The van der Waals surface area contributed by atoms with Gasteiger partial charge in [-0.15, -0.1) is 0 Å². The van der Waals surface area contributed by atoms with Gasteiger partial charge in [0.05, 0.1) is 13.2 Å². The van der Waals surface area contributed by atoms with Gasteiger partial charge in [-0.05, 0) is 260 Å². The number of fused-ring (bicyclic) bond motifs is 15. The minimum Gasteiger partial charge on any atom is -0.493 e. The number of rotatable bonds is 20. The van der Waals surface area contributed by atoms with Crippen molar-refractivity contribution in [2.24, 2.45) is 5.92 Å². The van der Waals surface area contributed by atoms with Crippen LogP contribution in [0.2, 0.25) is 0 Å². The lowest BCUT2D eigenvalue weighted by atomic mass is 9.84. The minimum atomic E-state index is 0.0894. The van der Waals surface area contributed by atoms with E-state index in [1.807, 2.05) is 34.6 Å². The summed E-state index contributed by atoms with van der Waals surface area (Å²) in [5, 5.41) is 15.2. The molecule has 2 heterocycles. The van der Waals surface area contributed by atoms with Gasteiger partial charge in [0, 0.05) is 100 Å². The molecule has 0 fully saturated rings. The molecule has 10 aliphatic rings. The topological polar surface area (TPSA) is 164 Å². The number of carbonyl (C=O) groups excluding carboxylic acids is 5. The van der Waals surface area contributed by atoms with Crippen molar-refractivity contribution in [3.05, 3.63) is 166 Å². The summed E-state index contributed by atoms with van der Waals surface area (Å²) in [6.07, 6.45) is 32.9. The molecular weight excluding hydrogens is 1180 g/mol. The predicted molar refractivity (Wildman–Crippen MR) is 380 cm³/mol. The number of nitrogens with one attached hydrogen (secondary N) is 5. The molecule has 0 aromatic heterocycles. The summed E-state index contributed by atoms with van der Waals surface area (Å²) in [6, 6.07) is 20.9. The molecule has 5 aromatic carbocycles. The summed E-state index contributed by atoms with van der Waals surface area (Å²) >= 11 is 0. The highest BCUT2D eigenvalue weighted by Gasteiger charge is 2.41. The number of aryl methyl sites for hydroxylation is 6. The van der Waals surface area contributed by atoms with E-state index in [1.54, 1.807) is 57.0 Å². The van der Waals surface area contributed by atoms with E-state index in [4.69, 9.17) is 9.47 Å². The number of hydrogen-bond donors (Lipinski definition) is 5. The lowest BCUT2D eigenvalue weighted by Gasteiger charge is -2.21.